The van der Waals surface area contributed by atoms with Crippen LogP contribution < -0.4 is 9.47 Å². The zero-order chi connectivity index (χ0) is 22.5. The molecule has 1 aromatic rings. The summed E-state index contributed by atoms with van der Waals surface area (Å²) in [6.07, 6.45) is 18.0. The quantitative estimate of drug-likeness (QED) is 0.396. The Kier molecular flexibility index (Phi) is 8.12. The van der Waals surface area contributed by atoms with Crippen LogP contribution in [0.25, 0.3) is 0 Å². The van der Waals surface area contributed by atoms with Crippen LogP contribution >= 0.6 is 0 Å². The van der Waals surface area contributed by atoms with Gasteiger partial charge in [0.25, 0.3) is 0 Å². The topological polar surface area (TPSA) is 18.5 Å². The first kappa shape index (κ1) is 23.6. The van der Waals surface area contributed by atoms with E-state index in [0.717, 1.165) is 42.4 Å². The highest BCUT2D eigenvalue weighted by Gasteiger charge is 2.38. The summed E-state index contributed by atoms with van der Waals surface area (Å²) in [6, 6.07) is 2.94. The molecule has 4 atom stereocenters. The molecule has 3 saturated carbocycles. The molecule has 0 N–H and O–H groups in total. The van der Waals surface area contributed by atoms with E-state index in [1.54, 1.807) is 6.92 Å². The molecule has 0 spiro atoms. The first-order chi connectivity index (χ1) is 15.6. The lowest BCUT2D eigenvalue weighted by atomic mass is 9.61. The zero-order valence-corrected chi connectivity index (χ0v) is 19.8. The maximum absolute atomic E-state index is 14.3. The van der Waals surface area contributed by atoms with Crippen molar-refractivity contribution in [1.29, 1.82) is 0 Å². The van der Waals surface area contributed by atoms with Gasteiger partial charge in [-0.05, 0) is 126 Å². The van der Waals surface area contributed by atoms with Crippen molar-refractivity contribution in [2.75, 3.05) is 13.2 Å². The minimum atomic E-state index is -0.955. The lowest BCUT2D eigenvalue weighted by Gasteiger charge is -2.45. The van der Waals surface area contributed by atoms with Gasteiger partial charge in [-0.25, -0.2) is 0 Å². The molecule has 0 bridgehead atoms. The van der Waals surface area contributed by atoms with Crippen LogP contribution in [0.4, 0.5) is 8.78 Å². The highest BCUT2D eigenvalue weighted by Crippen LogP contribution is 2.49. The second kappa shape index (κ2) is 11.0. The third-order valence-electron chi connectivity index (χ3n) is 8.50. The molecule has 0 saturated heterocycles. The molecule has 32 heavy (non-hydrogen) atoms. The van der Waals surface area contributed by atoms with E-state index < -0.39 is 11.6 Å². The Morgan fingerprint density at radius 1 is 0.781 bits per heavy atom. The Morgan fingerprint density at radius 2 is 1.34 bits per heavy atom. The summed E-state index contributed by atoms with van der Waals surface area (Å²) >= 11 is 0. The smallest absolute Gasteiger partial charge is 0.204 e. The summed E-state index contributed by atoms with van der Waals surface area (Å²) in [5.74, 6) is 2.96. The molecule has 0 aromatic heterocycles. The van der Waals surface area contributed by atoms with E-state index in [9.17, 15) is 8.78 Å². The second-order valence-electron chi connectivity index (χ2n) is 10.4. The molecular weight excluding hydrogens is 406 g/mol. The van der Waals surface area contributed by atoms with E-state index in [1.807, 2.05) is 0 Å². The molecule has 178 valence electrons. The Labute approximate surface area is 192 Å². The van der Waals surface area contributed by atoms with Crippen molar-refractivity contribution >= 4 is 0 Å². The number of hydrogen-bond acceptors (Lipinski definition) is 2. The normalized spacial score (nSPS) is 33.1. The monoisotopic (exact) mass is 446 g/mol. The van der Waals surface area contributed by atoms with Crippen molar-refractivity contribution in [2.24, 2.45) is 35.5 Å². The van der Waals surface area contributed by atoms with Gasteiger partial charge in [-0.1, -0.05) is 12.2 Å². The number of hydrogen-bond donors (Lipinski definition) is 0. The van der Waals surface area contributed by atoms with Gasteiger partial charge in [0.2, 0.25) is 11.6 Å². The Balaban J connectivity index is 1.22. The average molecular weight is 447 g/mol. The fourth-order valence-corrected chi connectivity index (χ4v) is 6.76. The van der Waals surface area contributed by atoms with Crippen molar-refractivity contribution in [3.8, 4) is 11.5 Å². The van der Waals surface area contributed by atoms with Crippen LogP contribution in [0.15, 0.2) is 24.3 Å². The van der Waals surface area contributed by atoms with Gasteiger partial charge in [0.15, 0.2) is 11.5 Å². The Morgan fingerprint density at radius 3 is 2.00 bits per heavy atom. The van der Waals surface area contributed by atoms with Crippen LogP contribution in [0, 0.1) is 47.1 Å². The minimum Gasteiger partial charge on any atom is -0.491 e. The Hall–Kier alpha value is -1.58. The van der Waals surface area contributed by atoms with Gasteiger partial charge in [-0.2, -0.15) is 8.78 Å². The molecule has 0 aliphatic heterocycles. The first-order valence-corrected chi connectivity index (χ1v) is 12.9. The summed E-state index contributed by atoms with van der Waals surface area (Å²) < 4.78 is 39.1. The third-order valence-corrected chi connectivity index (χ3v) is 8.50. The number of rotatable bonds is 7. The SMILES string of the molecule is C/C=C/C1CCC2CC(C3CCC(COc4ccc(OCC)c(F)c4F)CC3)CCC2C1. The van der Waals surface area contributed by atoms with Crippen molar-refractivity contribution in [2.45, 2.75) is 78.1 Å². The van der Waals surface area contributed by atoms with Gasteiger partial charge in [0, 0.05) is 0 Å². The van der Waals surface area contributed by atoms with Crippen LogP contribution in [0.3, 0.4) is 0 Å². The van der Waals surface area contributed by atoms with Crippen LogP contribution in [0.2, 0.25) is 0 Å². The molecule has 3 fully saturated rings. The molecule has 4 heteroatoms. The van der Waals surface area contributed by atoms with Gasteiger partial charge in [-0.15, -0.1) is 0 Å². The number of fused-ring (bicyclic) bond motifs is 1. The van der Waals surface area contributed by atoms with E-state index in [-0.39, 0.29) is 11.5 Å². The van der Waals surface area contributed by atoms with Crippen LogP contribution in [-0.2, 0) is 0 Å². The first-order valence-electron chi connectivity index (χ1n) is 12.9. The predicted octanol–water partition coefficient (Wildman–Crippen LogP) is 7.96. The van der Waals surface area contributed by atoms with Crippen LogP contribution in [0.5, 0.6) is 11.5 Å². The van der Waals surface area contributed by atoms with Gasteiger partial charge >= 0.3 is 0 Å². The van der Waals surface area contributed by atoms with Gasteiger partial charge in [0.1, 0.15) is 0 Å². The number of halogens is 2. The molecule has 2 nitrogen and oxygen atoms in total. The highest BCUT2D eigenvalue weighted by atomic mass is 19.2. The molecular formula is C28H40F2O2. The van der Waals surface area contributed by atoms with Gasteiger partial charge in [-0.3, -0.25) is 0 Å². The largest absolute Gasteiger partial charge is 0.491 e. The molecule has 3 aliphatic rings. The summed E-state index contributed by atoms with van der Waals surface area (Å²) in [4.78, 5) is 0. The maximum atomic E-state index is 14.3. The maximum Gasteiger partial charge on any atom is 0.204 e. The minimum absolute atomic E-state index is 0.0000746. The van der Waals surface area contributed by atoms with Crippen molar-refractivity contribution in [1.82, 2.24) is 0 Å². The fourth-order valence-electron chi connectivity index (χ4n) is 6.76. The second-order valence-corrected chi connectivity index (χ2v) is 10.4. The molecule has 4 rings (SSSR count). The van der Waals surface area contributed by atoms with Gasteiger partial charge in [0.05, 0.1) is 13.2 Å². The van der Waals surface area contributed by atoms with Crippen molar-refractivity contribution < 1.29 is 18.3 Å². The number of ether oxygens (including phenoxy) is 2. The van der Waals surface area contributed by atoms with Crippen LogP contribution in [-0.4, -0.2) is 13.2 Å². The average Bonchev–Trinajstić information content (AvgIpc) is 2.82. The standard InChI is InChI=1S/C28H40F2O2/c1-3-5-19-6-11-24-17-23(13-12-22(24)16-19)21-9-7-20(8-10-21)18-32-26-15-14-25(31-4-2)27(29)28(26)30/h3,5,14-15,19-24H,4,6-13,16-18H2,1-2H3/b5-3+. The highest BCUT2D eigenvalue weighted by molar-refractivity contribution is 5.35. The molecule has 0 amide bonds. The number of benzene rings is 1. The molecule has 1 aromatic carbocycles. The fraction of sp³-hybridized carbons (Fsp3) is 0.714. The summed E-state index contributed by atoms with van der Waals surface area (Å²) in [5.41, 5.74) is 0. The zero-order valence-electron chi connectivity index (χ0n) is 19.8. The van der Waals surface area contributed by atoms with Crippen LogP contribution in [0.1, 0.15) is 78.1 Å². The number of allylic oxidation sites excluding steroid dienone is 2. The van der Waals surface area contributed by atoms with Crippen molar-refractivity contribution in [3.05, 3.63) is 35.9 Å². The Bertz CT molecular complexity index is 769. The summed E-state index contributed by atoms with van der Waals surface area (Å²) in [7, 11) is 0. The third kappa shape index (κ3) is 5.48. The van der Waals surface area contributed by atoms with Crippen molar-refractivity contribution in [3.63, 3.8) is 0 Å². The molecule has 0 radical (unpaired) electrons. The molecule has 0 heterocycles. The van der Waals surface area contributed by atoms with E-state index in [2.05, 4.69) is 19.1 Å². The summed E-state index contributed by atoms with van der Waals surface area (Å²) in [6.45, 7) is 4.67. The van der Waals surface area contributed by atoms with Gasteiger partial charge < -0.3 is 9.47 Å². The van der Waals surface area contributed by atoms with E-state index in [4.69, 9.17) is 9.47 Å². The molecule has 3 aliphatic carbocycles. The van der Waals surface area contributed by atoms with E-state index in [1.165, 1.54) is 63.5 Å². The lowest BCUT2D eigenvalue weighted by Crippen LogP contribution is -2.34. The van der Waals surface area contributed by atoms with E-state index >= 15 is 0 Å². The predicted molar refractivity (Wildman–Crippen MR) is 125 cm³/mol. The lowest BCUT2D eigenvalue weighted by molar-refractivity contribution is 0.0627. The van der Waals surface area contributed by atoms with E-state index in [0.29, 0.717) is 19.1 Å². The summed E-state index contributed by atoms with van der Waals surface area (Å²) in [5, 5.41) is 0. The molecule has 4 unspecified atom stereocenters.